The van der Waals surface area contributed by atoms with E-state index in [2.05, 4.69) is 47.6 Å². The fourth-order valence-corrected chi connectivity index (χ4v) is 3.13. The average Bonchev–Trinajstić information content (AvgIpc) is 2.90. The maximum Gasteiger partial charge on any atom is 0.0836 e. The van der Waals surface area contributed by atoms with Crippen molar-refractivity contribution in [1.29, 1.82) is 0 Å². The minimum Gasteiger partial charge on any atom is -0.411 e. The van der Waals surface area contributed by atoms with Gasteiger partial charge in [-0.05, 0) is 35.6 Å². The summed E-state index contributed by atoms with van der Waals surface area (Å²) >= 11 is 1.79. The molecule has 0 bridgehead atoms. The second-order valence-electron chi connectivity index (χ2n) is 4.41. The first-order valence-corrected chi connectivity index (χ1v) is 6.87. The van der Waals surface area contributed by atoms with Crippen molar-refractivity contribution in [2.75, 3.05) is 0 Å². The summed E-state index contributed by atoms with van der Waals surface area (Å²) < 4.78 is 1.30. The fraction of sp³-hybridized carbons (Fsp3) is 0.0625. The van der Waals surface area contributed by atoms with E-state index >= 15 is 0 Å². The van der Waals surface area contributed by atoms with Gasteiger partial charge in [0.1, 0.15) is 0 Å². The normalized spacial score (nSPS) is 11.9. The zero-order valence-corrected chi connectivity index (χ0v) is 11.3. The average molecular weight is 267 g/mol. The van der Waals surface area contributed by atoms with E-state index in [1.807, 2.05) is 12.1 Å². The van der Waals surface area contributed by atoms with Crippen LogP contribution in [0.3, 0.4) is 0 Å². The highest BCUT2D eigenvalue weighted by Crippen LogP contribution is 2.33. The van der Waals surface area contributed by atoms with E-state index in [0.717, 1.165) is 5.56 Å². The molecule has 3 heteroatoms. The lowest BCUT2D eigenvalue weighted by Crippen LogP contribution is -1.93. The van der Waals surface area contributed by atoms with Gasteiger partial charge in [0.25, 0.3) is 0 Å². The number of rotatable bonds is 2. The van der Waals surface area contributed by atoms with E-state index in [0.29, 0.717) is 5.71 Å². The lowest BCUT2D eigenvalue weighted by molar-refractivity contribution is 0.319. The predicted molar refractivity (Wildman–Crippen MR) is 81.3 cm³/mol. The maximum atomic E-state index is 8.76. The summed E-state index contributed by atoms with van der Waals surface area (Å²) in [5.41, 5.74) is 2.76. The van der Waals surface area contributed by atoms with Crippen LogP contribution >= 0.6 is 11.3 Å². The van der Waals surface area contributed by atoms with Crippen LogP contribution in [0, 0.1) is 0 Å². The van der Waals surface area contributed by atoms with Crippen molar-refractivity contribution in [2.45, 2.75) is 6.92 Å². The van der Waals surface area contributed by atoms with Crippen LogP contribution in [-0.2, 0) is 0 Å². The van der Waals surface area contributed by atoms with Gasteiger partial charge < -0.3 is 5.21 Å². The third kappa shape index (κ3) is 2.25. The number of nitrogens with zero attached hydrogens (tertiary/aromatic N) is 1. The van der Waals surface area contributed by atoms with Gasteiger partial charge in [0.15, 0.2) is 0 Å². The van der Waals surface area contributed by atoms with E-state index in [4.69, 9.17) is 5.21 Å². The van der Waals surface area contributed by atoms with E-state index in [9.17, 15) is 0 Å². The molecule has 19 heavy (non-hydrogen) atoms. The molecule has 1 aromatic heterocycles. The molecule has 0 saturated heterocycles. The molecule has 94 valence electrons. The zero-order valence-electron chi connectivity index (χ0n) is 10.5. The molecule has 0 fully saturated rings. The fourth-order valence-electron chi connectivity index (χ4n) is 2.06. The molecule has 0 amide bonds. The number of hydrogen-bond acceptors (Lipinski definition) is 3. The molecule has 0 atom stereocenters. The molecular weight excluding hydrogens is 254 g/mol. The lowest BCUT2D eigenvalue weighted by atomic mass is 10.1. The summed E-state index contributed by atoms with van der Waals surface area (Å²) in [7, 11) is 0. The van der Waals surface area contributed by atoms with Gasteiger partial charge in [-0.1, -0.05) is 47.6 Å². The Balaban J connectivity index is 2.02. The third-order valence-electron chi connectivity index (χ3n) is 3.16. The van der Waals surface area contributed by atoms with Gasteiger partial charge in [0.2, 0.25) is 0 Å². The number of benzene rings is 2. The molecule has 0 spiro atoms. The van der Waals surface area contributed by atoms with Crippen LogP contribution in [0.2, 0.25) is 0 Å². The molecule has 3 rings (SSSR count). The summed E-state index contributed by atoms with van der Waals surface area (Å²) in [6.07, 6.45) is 0. The van der Waals surface area contributed by atoms with Gasteiger partial charge in [-0.2, -0.15) is 0 Å². The summed E-state index contributed by atoms with van der Waals surface area (Å²) in [5, 5.41) is 13.3. The molecular formula is C16H13NOS. The Kier molecular flexibility index (Phi) is 3.05. The molecule has 2 nitrogen and oxygen atoms in total. The van der Waals surface area contributed by atoms with Crippen molar-refractivity contribution in [3.8, 4) is 10.4 Å². The maximum absolute atomic E-state index is 8.76. The molecule has 0 unspecified atom stereocenters. The highest BCUT2D eigenvalue weighted by Gasteiger charge is 2.04. The van der Waals surface area contributed by atoms with Crippen molar-refractivity contribution in [2.24, 2.45) is 5.16 Å². The Morgan fingerprint density at radius 1 is 1.05 bits per heavy atom. The van der Waals surface area contributed by atoms with Crippen LogP contribution in [0.4, 0.5) is 0 Å². The first-order chi connectivity index (χ1) is 9.28. The smallest absolute Gasteiger partial charge is 0.0836 e. The Morgan fingerprint density at radius 3 is 2.47 bits per heavy atom. The molecule has 1 N–H and O–H groups in total. The monoisotopic (exact) mass is 267 g/mol. The van der Waals surface area contributed by atoms with E-state index in [1.165, 1.54) is 20.5 Å². The third-order valence-corrected chi connectivity index (χ3v) is 4.33. The first-order valence-electron chi connectivity index (χ1n) is 6.06. The zero-order chi connectivity index (χ0) is 13.2. The lowest BCUT2D eigenvalue weighted by Gasteiger charge is -2.00. The Labute approximate surface area is 115 Å². The Hall–Kier alpha value is -2.13. The van der Waals surface area contributed by atoms with Gasteiger partial charge >= 0.3 is 0 Å². The second-order valence-corrected chi connectivity index (χ2v) is 5.50. The standard InChI is InChI=1S/C16H13NOS/c1-11(17-18)12-6-8-13(9-7-12)16-10-14-4-2-3-5-15(14)19-16/h2-10,18H,1H3. The highest BCUT2D eigenvalue weighted by atomic mass is 32.1. The van der Waals surface area contributed by atoms with E-state index in [-0.39, 0.29) is 0 Å². The molecule has 2 aromatic carbocycles. The SMILES string of the molecule is CC(=NO)c1ccc(-c2cc3ccccc3s2)cc1. The van der Waals surface area contributed by atoms with Gasteiger partial charge in [-0.25, -0.2) is 0 Å². The minimum atomic E-state index is 0.628. The van der Waals surface area contributed by atoms with Crippen molar-refractivity contribution in [3.63, 3.8) is 0 Å². The Morgan fingerprint density at radius 2 is 1.79 bits per heavy atom. The second kappa shape index (κ2) is 4.86. The molecule has 0 aliphatic heterocycles. The van der Waals surface area contributed by atoms with Gasteiger partial charge in [-0.15, -0.1) is 11.3 Å². The molecule has 0 aliphatic rings. The number of thiophene rings is 1. The van der Waals surface area contributed by atoms with Crippen molar-refractivity contribution < 1.29 is 5.21 Å². The predicted octanol–water partition coefficient (Wildman–Crippen LogP) is 4.77. The van der Waals surface area contributed by atoms with Crippen LogP contribution in [-0.4, -0.2) is 10.9 Å². The van der Waals surface area contributed by atoms with E-state index < -0.39 is 0 Å². The quantitative estimate of drug-likeness (QED) is 0.405. The van der Waals surface area contributed by atoms with Crippen molar-refractivity contribution in [1.82, 2.24) is 0 Å². The number of oxime groups is 1. The van der Waals surface area contributed by atoms with E-state index in [1.54, 1.807) is 18.3 Å². The van der Waals surface area contributed by atoms with Crippen LogP contribution < -0.4 is 0 Å². The molecule has 0 saturated carbocycles. The number of hydrogen-bond donors (Lipinski definition) is 1. The van der Waals surface area contributed by atoms with Crippen LogP contribution in [0.15, 0.2) is 59.8 Å². The van der Waals surface area contributed by atoms with Crippen molar-refractivity contribution >= 4 is 27.1 Å². The van der Waals surface area contributed by atoms with Gasteiger partial charge in [0.05, 0.1) is 5.71 Å². The Bertz CT molecular complexity index is 708. The van der Waals surface area contributed by atoms with Crippen molar-refractivity contribution in [3.05, 3.63) is 60.2 Å². The summed E-state index contributed by atoms with van der Waals surface area (Å²) in [6.45, 7) is 1.79. The summed E-state index contributed by atoms with van der Waals surface area (Å²) in [4.78, 5) is 1.26. The number of fused-ring (bicyclic) bond motifs is 1. The molecule has 0 radical (unpaired) electrons. The van der Waals surface area contributed by atoms with Crippen LogP contribution in [0.1, 0.15) is 12.5 Å². The van der Waals surface area contributed by atoms with Gasteiger partial charge in [-0.3, -0.25) is 0 Å². The first kappa shape index (κ1) is 11.9. The molecule has 0 aliphatic carbocycles. The van der Waals surface area contributed by atoms with Gasteiger partial charge in [0, 0.05) is 9.58 Å². The summed E-state index contributed by atoms with van der Waals surface area (Å²) in [6, 6.07) is 18.7. The largest absolute Gasteiger partial charge is 0.411 e. The summed E-state index contributed by atoms with van der Waals surface area (Å²) in [5.74, 6) is 0. The topological polar surface area (TPSA) is 32.6 Å². The molecule has 1 heterocycles. The highest BCUT2D eigenvalue weighted by molar-refractivity contribution is 7.22. The molecule has 3 aromatic rings. The minimum absolute atomic E-state index is 0.628. The van der Waals surface area contributed by atoms with Crippen LogP contribution in [0.5, 0.6) is 0 Å². The van der Waals surface area contributed by atoms with Crippen LogP contribution in [0.25, 0.3) is 20.5 Å².